The third-order valence-electron chi connectivity index (χ3n) is 12.2. The molecular weight excluding hydrogens is 717 g/mol. The maximum absolute atomic E-state index is 8.51. The average molecular weight is 765 g/mol. The molecular formula is C55H48N4. The number of nitrogens with one attached hydrogen (secondary N) is 3. The number of aromatic amines is 1. The number of H-pyrrole nitrogens is 1. The number of benzene rings is 3. The molecule has 4 nitrogen and oxygen atoms in total. The normalized spacial score (nSPS) is 16.6. The first-order valence-electron chi connectivity index (χ1n) is 20.4. The summed E-state index contributed by atoms with van der Waals surface area (Å²) >= 11 is 0. The number of fused-ring (bicyclic) bond motifs is 12. The van der Waals surface area contributed by atoms with Gasteiger partial charge >= 0.3 is 0 Å². The molecule has 5 aromatic rings. The summed E-state index contributed by atoms with van der Waals surface area (Å²) in [5.41, 5.74) is 29.8. The van der Waals surface area contributed by atoms with Gasteiger partial charge in [-0.2, -0.15) is 0 Å². The van der Waals surface area contributed by atoms with Gasteiger partial charge in [0.2, 0.25) is 0 Å². The summed E-state index contributed by atoms with van der Waals surface area (Å²) in [5.74, 6) is 0. The lowest BCUT2D eigenvalue weighted by Gasteiger charge is -2.20. The minimum Gasteiger partial charge on any atom is -0.405 e. The van der Waals surface area contributed by atoms with Crippen molar-refractivity contribution in [3.63, 3.8) is 0 Å². The van der Waals surface area contributed by atoms with E-state index in [1.165, 1.54) is 112 Å². The van der Waals surface area contributed by atoms with Gasteiger partial charge in [-0.15, -0.1) is 0 Å². The molecule has 2 heterocycles. The van der Waals surface area contributed by atoms with Crippen LogP contribution in [0, 0.1) is 19.3 Å². The van der Waals surface area contributed by atoms with Gasteiger partial charge in [-0.1, -0.05) is 110 Å². The highest BCUT2D eigenvalue weighted by molar-refractivity contribution is 6.17. The van der Waals surface area contributed by atoms with Crippen LogP contribution in [0.1, 0.15) is 63.4 Å². The van der Waals surface area contributed by atoms with Gasteiger partial charge < -0.3 is 21.4 Å². The van der Waals surface area contributed by atoms with E-state index in [1.54, 1.807) is 12.3 Å². The minimum atomic E-state index is 0.751. The molecule has 0 saturated carbocycles. The number of aryl methyl sites for hydroxylation is 1. The van der Waals surface area contributed by atoms with Gasteiger partial charge in [0.25, 0.3) is 0 Å². The summed E-state index contributed by atoms with van der Waals surface area (Å²) in [4.78, 5) is 3.57. The van der Waals surface area contributed by atoms with Crippen LogP contribution in [0.15, 0.2) is 153 Å². The summed E-state index contributed by atoms with van der Waals surface area (Å²) in [6, 6.07) is 26.8. The second kappa shape index (κ2) is 15.6. The molecule has 5 N–H and O–H groups in total. The molecule has 288 valence electrons. The van der Waals surface area contributed by atoms with Crippen molar-refractivity contribution >= 4 is 50.9 Å². The number of aromatic nitrogens is 1. The van der Waals surface area contributed by atoms with Gasteiger partial charge in [-0.25, -0.2) is 0 Å². The van der Waals surface area contributed by atoms with Gasteiger partial charge in [-0.3, -0.25) is 0 Å². The molecule has 0 amide bonds. The molecule has 0 fully saturated rings. The van der Waals surface area contributed by atoms with Crippen LogP contribution in [-0.2, 0) is 6.42 Å². The number of hydrogen-bond donors (Lipinski definition) is 4. The second-order valence-corrected chi connectivity index (χ2v) is 15.6. The minimum absolute atomic E-state index is 0.751. The highest BCUT2D eigenvalue weighted by atomic mass is 14.8. The molecule has 0 spiro atoms. The zero-order chi connectivity index (χ0) is 40.6. The third-order valence-corrected chi connectivity index (χ3v) is 12.2. The van der Waals surface area contributed by atoms with Crippen molar-refractivity contribution in [3.05, 3.63) is 203 Å². The van der Waals surface area contributed by atoms with E-state index < -0.39 is 0 Å². The fourth-order valence-electron chi connectivity index (χ4n) is 9.57. The predicted octanol–water partition coefficient (Wildman–Crippen LogP) is 13.3. The van der Waals surface area contributed by atoms with Gasteiger partial charge in [0.15, 0.2) is 0 Å². The predicted molar refractivity (Wildman–Crippen MR) is 254 cm³/mol. The zero-order valence-corrected chi connectivity index (χ0v) is 33.9. The quantitative estimate of drug-likeness (QED) is 0.0965. The van der Waals surface area contributed by atoms with Crippen LogP contribution < -0.4 is 11.1 Å². The Morgan fingerprint density at radius 2 is 1.64 bits per heavy atom. The average Bonchev–Trinajstić information content (AvgIpc) is 3.98. The summed E-state index contributed by atoms with van der Waals surface area (Å²) < 4.78 is 0. The molecule has 4 aliphatic rings. The van der Waals surface area contributed by atoms with E-state index in [0.29, 0.717) is 0 Å². The molecule has 1 aliphatic heterocycles. The lowest BCUT2D eigenvalue weighted by molar-refractivity contribution is 0.986. The highest BCUT2D eigenvalue weighted by Gasteiger charge is 2.32. The largest absolute Gasteiger partial charge is 0.405 e. The van der Waals surface area contributed by atoms with Crippen LogP contribution in [-0.4, -0.2) is 17.7 Å². The second-order valence-electron chi connectivity index (χ2n) is 15.6. The van der Waals surface area contributed by atoms with Gasteiger partial charge in [-0.05, 0) is 187 Å². The summed E-state index contributed by atoms with van der Waals surface area (Å²) in [5, 5.41) is 14.4. The number of nitrogens with two attached hydrogens (primary N) is 1. The van der Waals surface area contributed by atoms with Crippen LogP contribution in [0.3, 0.4) is 0 Å². The Morgan fingerprint density at radius 3 is 2.41 bits per heavy atom. The molecule has 4 bridgehead atoms. The Kier molecular flexibility index (Phi) is 9.92. The monoisotopic (exact) mass is 764 g/mol. The third kappa shape index (κ3) is 6.38. The zero-order valence-electron chi connectivity index (χ0n) is 33.9. The van der Waals surface area contributed by atoms with E-state index in [9.17, 15) is 0 Å². The molecule has 3 aliphatic carbocycles. The van der Waals surface area contributed by atoms with E-state index in [2.05, 4.69) is 153 Å². The smallest absolute Gasteiger partial charge is 0.0466 e. The van der Waals surface area contributed by atoms with Crippen molar-refractivity contribution in [2.24, 2.45) is 5.73 Å². The Hall–Kier alpha value is -7.17. The molecule has 0 saturated heterocycles. The molecule has 4 heteroatoms. The van der Waals surface area contributed by atoms with Gasteiger partial charge in [0.05, 0.1) is 0 Å². The van der Waals surface area contributed by atoms with Crippen molar-refractivity contribution in [1.82, 2.24) is 10.3 Å². The van der Waals surface area contributed by atoms with Gasteiger partial charge in [0.1, 0.15) is 0 Å². The van der Waals surface area contributed by atoms with E-state index in [4.69, 9.17) is 11.1 Å². The maximum atomic E-state index is 8.51. The molecule has 4 aromatic carbocycles. The lowest BCUT2D eigenvalue weighted by atomic mass is 9.84. The van der Waals surface area contributed by atoms with E-state index in [1.807, 2.05) is 24.5 Å². The Balaban J connectivity index is 1.39. The first kappa shape index (κ1) is 37.4. The number of hydrogen-bond acceptors (Lipinski definition) is 3. The number of dihydropyridines is 1. The number of rotatable bonds is 7. The molecule has 0 radical (unpaired) electrons. The fraction of sp³-hybridized carbons (Fsp3) is 0.109. The van der Waals surface area contributed by atoms with Crippen molar-refractivity contribution in [3.8, 4) is 33.5 Å². The fourth-order valence-corrected chi connectivity index (χ4v) is 9.57. The Labute approximate surface area is 347 Å². The van der Waals surface area contributed by atoms with E-state index in [-0.39, 0.29) is 0 Å². The Morgan fingerprint density at radius 1 is 0.797 bits per heavy atom. The number of allylic oxidation sites excluding steroid dienone is 13. The molecule has 59 heavy (non-hydrogen) atoms. The molecule has 9 rings (SSSR count). The lowest BCUT2D eigenvalue weighted by Crippen LogP contribution is -2.12. The van der Waals surface area contributed by atoms with E-state index in [0.717, 1.165) is 36.2 Å². The maximum Gasteiger partial charge on any atom is 0.0466 e. The van der Waals surface area contributed by atoms with Crippen LogP contribution in [0.5, 0.6) is 0 Å². The highest BCUT2D eigenvalue weighted by Crippen LogP contribution is 2.54. The van der Waals surface area contributed by atoms with Crippen molar-refractivity contribution < 1.29 is 0 Å². The topological polar surface area (TPSA) is 77.7 Å². The summed E-state index contributed by atoms with van der Waals surface area (Å²) in [7, 11) is 0. The summed E-state index contributed by atoms with van der Waals surface area (Å²) in [6.07, 6.45) is 30.1. The van der Waals surface area contributed by atoms with Crippen molar-refractivity contribution in [2.75, 3.05) is 6.54 Å². The molecule has 0 unspecified atom stereocenters. The van der Waals surface area contributed by atoms with Crippen LogP contribution >= 0.6 is 0 Å². The van der Waals surface area contributed by atoms with E-state index >= 15 is 0 Å². The Bertz CT molecular complexity index is 2930. The summed E-state index contributed by atoms with van der Waals surface area (Å²) in [6.45, 7) is 11.5. The standard InChI is InChI=1S/C55H48N4/c1-5-14-39(32-57)43-24-25-44(40-19-12-27-58-33-40)53-42-22-10-15-34(2)47-31-41-29-38(18-7-6-17-37(47)30-48(36(42)4)54(43)53)51-52(41)50(35(3)16-11-26-56)45-20-8-9-21-46(45)55(51)49-23-13-28-59-49/h5-16,18-28,30-32,57-59H,1,17,29,33,56H2,2-4H3/b7-6-,15-10?,22-10?,26-11?,34-15?,35-16?,37-30?,38-18?,39-14+,41-31+,42-22?,47-34?,47-37?,48-30?,57-32?. The van der Waals surface area contributed by atoms with Crippen LogP contribution in [0.25, 0.3) is 78.2 Å². The van der Waals surface area contributed by atoms with Crippen molar-refractivity contribution in [2.45, 2.75) is 33.6 Å². The van der Waals surface area contributed by atoms with Crippen LogP contribution in [0.4, 0.5) is 0 Å². The first-order chi connectivity index (χ1) is 28.9. The first-order valence-corrected chi connectivity index (χ1v) is 20.4. The molecule has 1 aromatic heterocycles. The molecule has 0 atom stereocenters. The van der Waals surface area contributed by atoms with Gasteiger partial charge in [0, 0.05) is 30.2 Å². The SMILES string of the molecule is C=C/C=C(\C=N)c1ccc(C2=CC=CNC2)c2c1-c1cc3c(c(C)cccc-2c1C)/C=C1\CC(=C/C=C\C3)c2c1c(C(C)=CC=CN)c1ccccc1c2-c1ccc[nH]1. The van der Waals surface area contributed by atoms with Crippen LogP contribution in [0.2, 0.25) is 0 Å². The van der Waals surface area contributed by atoms with Crippen molar-refractivity contribution in [1.29, 1.82) is 5.41 Å².